The van der Waals surface area contributed by atoms with Crippen molar-refractivity contribution in [3.63, 3.8) is 0 Å². The normalized spacial score (nSPS) is 10.0. The molecule has 2 rings (SSSR count). The smallest absolute Gasteiger partial charge is 0.276 e. The molecular formula is C13H13N5O3. The number of benzene rings is 1. The Hall–Kier alpha value is -3.03. The SMILES string of the molecule is CNc1ccc(C(=O)Nc2ccc([N+](=O)[O-])cc2C)nn1. The van der Waals surface area contributed by atoms with Gasteiger partial charge in [-0.2, -0.15) is 0 Å². The Morgan fingerprint density at radius 2 is 2.00 bits per heavy atom. The highest BCUT2D eigenvalue weighted by Gasteiger charge is 2.12. The molecule has 0 spiro atoms. The Morgan fingerprint density at radius 1 is 1.24 bits per heavy atom. The van der Waals surface area contributed by atoms with E-state index in [1.165, 1.54) is 24.3 Å². The van der Waals surface area contributed by atoms with Crippen LogP contribution in [0.5, 0.6) is 0 Å². The summed E-state index contributed by atoms with van der Waals surface area (Å²) in [6, 6.07) is 7.38. The molecule has 0 saturated heterocycles. The van der Waals surface area contributed by atoms with E-state index in [0.717, 1.165) is 0 Å². The Kier molecular flexibility index (Phi) is 4.07. The summed E-state index contributed by atoms with van der Waals surface area (Å²) in [6.45, 7) is 1.68. The lowest BCUT2D eigenvalue weighted by Crippen LogP contribution is -2.15. The molecule has 0 bridgehead atoms. The van der Waals surface area contributed by atoms with Gasteiger partial charge in [-0.1, -0.05) is 0 Å². The largest absolute Gasteiger partial charge is 0.372 e. The van der Waals surface area contributed by atoms with Gasteiger partial charge in [-0.25, -0.2) is 0 Å². The molecule has 0 aliphatic carbocycles. The van der Waals surface area contributed by atoms with E-state index in [0.29, 0.717) is 17.1 Å². The van der Waals surface area contributed by atoms with E-state index in [-0.39, 0.29) is 11.4 Å². The molecule has 0 aliphatic rings. The summed E-state index contributed by atoms with van der Waals surface area (Å²) >= 11 is 0. The van der Waals surface area contributed by atoms with Crippen molar-refractivity contribution < 1.29 is 9.72 Å². The fraction of sp³-hybridized carbons (Fsp3) is 0.154. The predicted molar refractivity (Wildman–Crippen MR) is 77.4 cm³/mol. The van der Waals surface area contributed by atoms with Crippen molar-refractivity contribution in [2.24, 2.45) is 0 Å². The minimum absolute atomic E-state index is 0.0244. The number of amides is 1. The van der Waals surface area contributed by atoms with Crippen molar-refractivity contribution in [1.29, 1.82) is 0 Å². The molecule has 21 heavy (non-hydrogen) atoms. The minimum atomic E-state index is -0.486. The van der Waals surface area contributed by atoms with Crippen LogP contribution in [0.3, 0.4) is 0 Å². The van der Waals surface area contributed by atoms with Crippen molar-refractivity contribution in [1.82, 2.24) is 10.2 Å². The molecule has 0 saturated carbocycles. The number of hydrogen-bond acceptors (Lipinski definition) is 6. The topological polar surface area (TPSA) is 110 Å². The number of rotatable bonds is 4. The zero-order valence-electron chi connectivity index (χ0n) is 11.5. The van der Waals surface area contributed by atoms with Gasteiger partial charge >= 0.3 is 0 Å². The highest BCUT2D eigenvalue weighted by Crippen LogP contribution is 2.21. The van der Waals surface area contributed by atoms with Gasteiger partial charge in [0.05, 0.1) is 4.92 Å². The van der Waals surface area contributed by atoms with Crippen molar-refractivity contribution in [3.8, 4) is 0 Å². The predicted octanol–water partition coefficient (Wildman–Crippen LogP) is 1.99. The molecule has 0 aliphatic heterocycles. The van der Waals surface area contributed by atoms with Gasteiger partial charge in [0.2, 0.25) is 0 Å². The van der Waals surface area contributed by atoms with Gasteiger partial charge in [0.25, 0.3) is 11.6 Å². The van der Waals surface area contributed by atoms with Crippen LogP contribution in [-0.4, -0.2) is 28.1 Å². The van der Waals surface area contributed by atoms with Crippen LogP contribution in [0.25, 0.3) is 0 Å². The van der Waals surface area contributed by atoms with E-state index in [2.05, 4.69) is 20.8 Å². The summed E-state index contributed by atoms with van der Waals surface area (Å²) in [5.41, 5.74) is 1.22. The van der Waals surface area contributed by atoms with Gasteiger partial charge in [-0.15, -0.1) is 10.2 Å². The molecule has 0 radical (unpaired) electrons. The van der Waals surface area contributed by atoms with Crippen molar-refractivity contribution >= 4 is 23.1 Å². The van der Waals surface area contributed by atoms with Crippen molar-refractivity contribution in [3.05, 3.63) is 51.7 Å². The standard InChI is InChI=1S/C13H13N5O3/c1-8-7-9(18(20)21)3-4-10(8)15-13(19)11-5-6-12(14-2)17-16-11/h3-7H,1-2H3,(H,14,17)(H,15,19). The molecule has 8 nitrogen and oxygen atoms in total. The number of nitro groups is 1. The molecule has 108 valence electrons. The number of non-ortho nitro benzene ring substituents is 1. The molecule has 2 aromatic rings. The molecule has 2 N–H and O–H groups in total. The van der Waals surface area contributed by atoms with Crippen LogP contribution in [0.15, 0.2) is 30.3 Å². The maximum atomic E-state index is 12.0. The second-order valence-electron chi connectivity index (χ2n) is 4.26. The number of anilines is 2. The molecule has 1 heterocycles. The van der Waals surface area contributed by atoms with E-state index in [4.69, 9.17) is 0 Å². The Labute approximate surface area is 120 Å². The summed E-state index contributed by atoms with van der Waals surface area (Å²) < 4.78 is 0. The van der Waals surface area contributed by atoms with Gasteiger partial charge in [-0.3, -0.25) is 14.9 Å². The Bertz CT molecular complexity index is 685. The number of nitrogens with one attached hydrogen (secondary N) is 2. The van der Waals surface area contributed by atoms with Gasteiger partial charge < -0.3 is 10.6 Å². The first-order valence-corrected chi connectivity index (χ1v) is 6.09. The van der Waals surface area contributed by atoms with Gasteiger partial charge in [-0.05, 0) is 30.7 Å². The molecule has 0 unspecified atom stereocenters. The third-order valence-corrected chi connectivity index (χ3v) is 2.82. The maximum absolute atomic E-state index is 12.0. The highest BCUT2D eigenvalue weighted by molar-refractivity contribution is 6.03. The third kappa shape index (κ3) is 3.30. The lowest BCUT2D eigenvalue weighted by molar-refractivity contribution is -0.384. The first-order chi connectivity index (χ1) is 10.0. The monoisotopic (exact) mass is 287 g/mol. The zero-order chi connectivity index (χ0) is 15.4. The number of hydrogen-bond donors (Lipinski definition) is 2. The number of nitrogens with zero attached hydrogens (tertiary/aromatic N) is 3. The van der Waals surface area contributed by atoms with Crippen LogP contribution in [0.1, 0.15) is 16.1 Å². The second kappa shape index (κ2) is 5.95. The van der Waals surface area contributed by atoms with E-state index in [9.17, 15) is 14.9 Å². The van der Waals surface area contributed by atoms with E-state index < -0.39 is 10.8 Å². The summed E-state index contributed by atoms with van der Waals surface area (Å²) in [4.78, 5) is 22.2. The van der Waals surface area contributed by atoms with Gasteiger partial charge in [0.15, 0.2) is 5.69 Å². The van der Waals surface area contributed by atoms with Crippen LogP contribution < -0.4 is 10.6 Å². The molecule has 0 atom stereocenters. The van der Waals surface area contributed by atoms with Crippen LogP contribution >= 0.6 is 0 Å². The fourth-order valence-corrected chi connectivity index (χ4v) is 1.67. The summed E-state index contributed by atoms with van der Waals surface area (Å²) in [5.74, 6) is 0.125. The van der Waals surface area contributed by atoms with Crippen LogP contribution in [-0.2, 0) is 0 Å². The van der Waals surface area contributed by atoms with Gasteiger partial charge in [0.1, 0.15) is 5.82 Å². The van der Waals surface area contributed by atoms with Crippen molar-refractivity contribution in [2.75, 3.05) is 17.7 Å². The average molecular weight is 287 g/mol. The molecule has 1 amide bonds. The highest BCUT2D eigenvalue weighted by atomic mass is 16.6. The molecule has 1 aromatic carbocycles. The summed E-state index contributed by atoms with van der Waals surface area (Å²) in [5, 5.41) is 23.7. The lowest BCUT2D eigenvalue weighted by atomic mass is 10.1. The van der Waals surface area contributed by atoms with Gasteiger partial charge in [0, 0.05) is 24.9 Å². The number of aromatic nitrogens is 2. The number of carbonyl (C=O) groups is 1. The fourth-order valence-electron chi connectivity index (χ4n) is 1.67. The molecule has 8 heteroatoms. The van der Waals surface area contributed by atoms with Crippen LogP contribution in [0, 0.1) is 17.0 Å². The summed E-state index contributed by atoms with van der Waals surface area (Å²) in [7, 11) is 1.70. The van der Waals surface area contributed by atoms with Crippen LogP contribution in [0.2, 0.25) is 0 Å². The molecule has 0 fully saturated rings. The quantitative estimate of drug-likeness (QED) is 0.657. The Morgan fingerprint density at radius 3 is 2.52 bits per heavy atom. The zero-order valence-corrected chi connectivity index (χ0v) is 11.5. The first-order valence-electron chi connectivity index (χ1n) is 6.09. The maximum Gasteiger partial charge on any atom is 0.276 e. The van der Waals surface area contributed by atoms with Crippen molar-refractivity contribution in [2.45, 2.75) is 6.92 Å². The minimum Gasteiger partial charge on any atom is -0.372 e. The van der Waals surface area contributed by atoms with E-state index in [1.807, 2.05) is 0 Å². The lowest BCUT2D eigenvalue weighted by Gasteiger charge is -2.07. The average Bonchev–Trinajstić information content (AvgIpc) is 2.49. The number of nitro benzene ring substituents is 1. The second-order valence-corrected chi connectivity index (χ2v) is 4.26. The molecule has 1 aromatic heterocycles. The third-order valence-electron chi connectivity index (χ3n) is 2.82. The number of carbonyl (C=O) groups excluding carboxylic acids is 1. The van der Waals surface area contributed by atoms with E-state index in [1.54, 1.807) is 20.0 Å². The first kappa shape index (κ1) is 14.4. The summed E-state index contributed by atoms with van der Waals surface area (Å²) in [6.07, 6.45) is 0. The van der Waals surface area contributed by atoms with Crippen LogP contribution in [0.4, 0.5) is 17.2 Å². The molecular weight excluding hydrogens is 274 g/mol. The number of aryl methyl sites for hydroxylation is 1. The Balaban J connectivity index is 2.17. The van der Waals surface area contributed by atoms with E-state index >= 15 is 0 Å².